The lowest BCUT2D eigenvalue weighted by Gasteiger charge is -2.13. The quantitative estimate of drug-likeness (QED) is 0.239. The van der Waals surface area contributed by atoms with Crippen LogP contribution in [0.25, 0.3) is 0 Å². The summed E-state index contributed by atoms with van der Waals surface area (Å²) in [4.78, 5) is 4.33. The van der Waals surface area contributed by atoms with Crippen LogP contribution in [-0.4, -0.2) is 48.0 Å². The fourth-order valence-corrected chi connectivity index (χ4v) is 3.82. The zero-order chi connectivity index (χ0) is 20.5. The topological polar surface area (TPSA) is 76.4 Å². The molecule has 1 aliphatic heterocycles. The third-order valence-corrected chi connectivity index (χ3v) is 5.40. The van der Waals surface area contributed by atoms with Gasteiger partial charge in [-0.05, 0) is 44.2 Å². The van der Waals surface area contributed by atoms with Crippen molar-refractivity contribution in [3.05, 3.63) is 41.0 Å². The number of aliphatic imine (C=N–C) groups is 1. The Hall–Kier alpha value is -1.84. The van der Waals surface area contributed by atoms with Crippen LogP contribution in [0.15, 0.2) is 23.2 Å². The second-order valence-electron chi connectivity index (χ2n) is 7.59. The molecule has 2 heterocycles. The lowest BCUT2D eigenvalue weighted by Crippen LogP contribution is -2.38. The highest BCUT2D eigenvalue weighted by Crippen LogP contribution is 2.19. The fourth-order valence-electron chi connectivity index (χ4n) is 3.82. The second kappa shape index (κ2) is 12.8. The molecule has 7 nitrogen and oxygen atoms in total. The summed E-state index contributed by atoms with van der Waals surface area (Å²) in [6.45, 7) is 4.83. The molecule has 166 valence electrons. The van der Waals surface area contributed by atoms with Gasteiger partial charge in [0.1, 0.15) is 17.4 Å². The van der Waals surface area contributed by atoms with E-state index in [1.54, 1.807) is 14.2 Å². The van der Waals surface area contributed by atoms with E-state index >= 15 is 0 Å². The summed E-state index contributed by atoms with van der Waals surface area (Å²) in [7, 11) is 3.53. The highest BCUT2D eigenvalue weighted by molar-refractivity contribution is 14.0. The standard InChI is InChI=1S/C22H34N6O.HI/c1-17-10-11-19(29-3)18(16-17)12-14-25-22(23-2)24-13-7-9-21-27-26-20-8-5-4-6-15-28(20)21;/h10-11,16H,4-9,12-15H2,1-3H3,(H2,23,24,25);1H. The molecule has 1 aromatic carbocycles. The van der Waals surface area contributed by atoms with Crippen LogP contribution in [0.5, 0.6) is 5.75 Å². The number of aryl methyl sites for hydroxylation is 3. The van der Waals surface area contributed by atoms with Crippen LogP contribution in [0.2, 0.25) is 0 Å². The fraction of sp³-hybridized carbons (Fsp3) is 0.591. The van der Waals surface area contributed by atoms with Crippen molar-refractivity contribution in [1.82, 2.24) is 25.4 Å². The second-order valence-corrected chi connectivity index (χ2v) is 7.59. The molecule has 2 N–H and O–H groups in total. The first kappa shape index (κ1) is 24.4. The summed E-state index contributed by atoms with van der Waals surface area (Å²) < 4.78 is 7.79. The summed E-state index contributed by atoms with van der Waals surface area (Å²) in [6, 6.07) is 6.28. The van der Waals surface area contributed by atoms with Gasteiger partial charge in [0.2, 0.25) is 0 Å². The molecule has 0 fully saturated rings. The van der Waals surface area contributed by atoms with Crippen LogP contribution < -0.4 is 15.4 Å². The molecule has 0 spiro atoms. The van der Waals surface area contributed by atoms with E-state index in [0.717, 1.165) is 68.7 Å². The van der Waals surface area contributed by atoms with Gasteiger partial charge in [0.15, 0.2) is 5.96 Å². The van der Waals surface area contributed by atoms with Gasteiger partial charge in [-0.1, -0.05) is 24.1 Å². The largest absolute Gasteiger partial charge is 0.496 e. The molecule has 0 bridgehead atoms. The molecule has 0 saturated heterocycles. The number of hydrogen-bond acceptors (Lipinski definition) is 4. The molecule has 0 aliphatic carbocycles. The number of guanidine groups is 1. The highest BCUT2D eigenvalue weighted by Gasteiger charge is 2.14. The van der Waals surface area contributed by atoms with Crippen molar-refractivity contribution in [3.8, 4) is 5.75 Å². The number of halogens is 1. The van der Waals surface area contributed by atoms with Crippen molar-refractivity contribution in [3.63, 3.8) is 0 Å². The van der Waals surface area contributed by atoms with E-state index in [9.17, 15) is 0 Å². The number of methoxy groups -OCH3 is 1. The zero-order valence-electron chi connectivity index (χ0n) is 18.4. The predicted molar refractivity (Wildman–Crippen MR) is 132 cm³/mol. The number of nitrogens with one attached hydrogen (secondary N) is 2. The highest BCUT2D eigenvalue weighted by atomic mass is 127. The molecular weight excluding hydrogens is 491 g/mol. The minimum atomic E-state index is 0. The first-order valence-corrected chi connectivity index (χ1v) is 10.7. The average Bonchev–Trinajstić information content (AvgIpc) is 2.95. The summed E-state index contributed by atoms with van der Waals surface area (Å²) in [6.07, 6.45) is 7.66. The Labute approximate surface area is 197 Å². The van der Waals surface area contributed by atoms with Crippen molar-refractivity contribution in [2.75, 3.05) is 27.2 Å². The number of rotatable bonds is 8. The van der Waals surface area contributed by atoms with Crippen LogP contribution >= 0.6 is 24.0 Å². The zero-order valence-corrected chi connectivity index (χ0v) is 20.7. The monoisotopic (exact) mass is 526 g/mol. The van der Waals surface area contributed by atoms with E-state index in [-0.39, 0.29) is 24.0 Å². The minimum Gasteiger partial charge on any atom is -0.496 e. The Morgan fingerprint density at radius 3 is 2.77 bits per heavy atom. The molecule has 2 aromatic rings. The van der Waals surface area contributed by atoms with E-state index in [1.165, 1.54) is 30.4 Å². The number of nitrogens with zero attached hydrogens (tertiary/aromatic N) is 4. The number of aromatic nitrogens is 3. The summed E-state index contributed by atoms with van der Waals surface area (Å²) >= 11 is 0. The Morgan fingerprint density at radius 2 is 1.97 bits per heavy atom. The van der Waals surface area contributed by atoms with Gasteiger partial charge in [0.05, 0.1) is 7.11 Å². The van der Waals surface area contributed by atoms with Gasteiger partial charge < -0.3 is 19.9 Å². The summed E-state index contributed by atoms with van der Waals surface area (Å²) in [5.41, 5.74) is 2.46. The van der Waals surface area contributed by atoms with Gasteiger partial charge in [0, 0.05) is 39.5 Å². The Morgan fingerprint density at radius 1 is 1.13 bits per heavy atom. The van der Waals surface area contributed by atoms with Gasteiger partial charge in [0.25, 0.3) is 0 Å². The van der Waals surface area contributed by atoms with Crippen LogP contribution in [0.4, 0.5) is 0 Å². The van der Waals surface area contributed by atoms with Gasteiger partial charge in [-0.2, -0.15) is 0 Å². The molecule has 0 radical (unpaired) electrons. The maximum absolute atomic E-state index is 5.46. The van der Waals surface area contributed by atoms with Crippen LogP contribution in [0.1, 0.15) is 48.5 Å². The van der Waals surface area contributed by atoms with Gasteiger partial charge in [-0.25, -0.2) is 0 Å². The molecule has 0 amide bonds. The first-order valence-electron chi connectivity index (χ1n) is 10.7. The molecule has 8 heteroatoms. The molecule has 1 aromatic heterocycles. The smallest absolute Gasteiger partial charge is 0.190 e. The lowest BCUT2D eigenvalue weighted by molar-refractivity contribution is 0.409. The van der Waals surface area contributed by atoms with Crippen LogP contribution in [0.3, 0.4) is 0 Å². The summed E-state index contributed by atoms with van der Waals surface area (Å²) in [5, 5.41) is 15.6. The SMILES string of the molecule is CN=C(NCCCc1nnc2n1CCCCC2)NCCc1cc(C)ccc1OC.I. The van der Waals surface area contributed by atoms with Gasteiger partial charge in [-0.3, -0.25) is 4.99 Å². The van der Waals surface area contributed by atoms with Gasteiger partial charge in [-0.15, -0.1) is 34.2 Å². The summed E-state index contributed by atoms with van der Waals surface area (Å²) in [5.74, 6) is 4.05. The molecule has 0 atom stereocenters. The number of benzene rings is 1. The molecular formula is C22H35IN6O. The van der Waals surface area contributed by atoms with Crippen molar-refractivity contribution in [2.45, 2.75) is 58.4 Å². The molecule has 3 rings (SSSR count). The van der Waals surface area contributed by atoms with E-state index in [2.05, 4.69) is 49.4 Å². The molecule has 0 unspecified atom stereocenters. The number of ether oxygens (including phenoxy) is 1. The van der Waals surface area contributed by atoms with E-state index < -0.39 is 0 Å². The van der Waals surface area contributed by atoms with Crippen molar-refractivity contribution < 1.29 is 4.74 Å². The minimum absolute atomic E-state index is 0. The molecule has 30 heavy (non-hydrogen) atoms. The van der Waals surface area contributed by atoms with Crippen molar-refractivity contribution in [1.29, 1.82) is 0 Å². The average molecular weight is 526 g/mol. The predicted octanol–water partition coefficient (Wildman–Crippen LogP) is 3.28. The maximum atomic E-state index is 5.46. The first-order chi connectivity index (χ1) is 14.2. The normalized spacial score (nSPS) is 13.8. The van der Waals surface area contributed by atoms with E-state index in [1.807, 2.05) is 6.07 Å². The number of hydrogen-bond donors (Lipinski definition) is 2. The van der Waals surface area contributed by atoms with Crippen molar-refractivity contribution >= 4 is 29.9 Å². The van der Waals surface area contributed by atoms with Crippen molar-refractivity contribution in [2.24, 2.45) is 4.99 Å². The third-order valence-electron chi connectivity index (χ3n) is 5.40. The van der Waals surface area contributed by atoms with E-state index in [0.29, 0.717) is 0 Å². The maximum Gasteiger partial charge on any atom is 0.190 e. The van der Waals surface area contributed by atoms with Crippen LogP contribution in [-0.2, 0) is 25.8 Å². The molecule has 0 saturated carbocycles. The Bertz CT molecular complexity index is 820. The lowest BCUT2D eigenvalue weighted by atomic mass is 10.1. The number of fused-ring (bicyclic) bond motifs is 1. The Kier molecular flexibility index (Phi) is 10.4. The van der Waals surface area contributed by atoms with Crippen LogP contribution in [0, 0.1) is 6.92 Å². The van der Waals surface area contributed by atoms with Gasteiger partial charge >= 0.3 is 0 Å². The Balaban J connectivity index is 0.00000320. The molecule has 1 aliphatic rings. The van der Waals surface area contributed by atoms with E-state index in [4.69, 9.17) is 4.74 Å². The third kappa shape index (κ3) is 6.85.